The molecule has 0 fully saturated rings. The summed E-state index contributed by atoms with van der Waals surface area (Å²) < 4.78 is 55.4. The van der Waals surface area contributed by atoms with Crippen LogP contribution < -0.4 is 5.32 Å². The highest BCUT2D eigenvalue weighted by molar-refractivity contribution is 6.32. The Hall–Kier alpha value is -4.31. The van der Waals surface area contributed by atoms with Crippen molar-refractivity contribution < 1.29 is 22.4 Å². The molecule has 3 heterocycles. The van der Waals surface area contributed by atoms with Gasteiger partial charge in [0, 0.05) is 0 Å². The van der Waals surface area contributed by atoms with E-state index in [1.807, 2.05) is 0 Å². The third-order valence-electron chi connectivity index (χ3n) is 4.28. The Bertz CT molecular complexity index is 1390. The van der Waals surface area contributed by atoms with Crippen LogP contribution in [0.25, 0.3) is 11.5 Å². The maximum atomic E-state index is 13.9. The topological polar surface area (TPSA) is 114 Å². The smallest absolute Gasteiger partial charge is 0.320 e. The molecule has 33 heavy (non-hydrogen) atoms. The van der Waals surface area contributed by atoms with Crippen LogP contribution in [0.3, 0.4) is 0 Å². The molecule has 9 nitrogen and oxygen atoms in total. The summed E-state index contributed by atoms with van der Waals surface area (Å²) in [5.41, 5.74) is -3.01. The maximum Gasteiger partial charge on any atom is 0.434 e. The first kappa shape index (κ1) is 21.9. The molecule has 0 saturated carbocycles. The number of hydrogen-bond acceptors (Lipinski definition) is 6. The Morgan fingerprint density at radius 2 is 1.85 bits per heavy atom. The van der Waals surface area contributed by atoms with E-state index < -0.39 is 34.7 Å². The Balaban J connectivity index is 1.71. The highest BCUT2D eigenvalue weighted by Crippen LogP contribution is 2.35. The van der Waals surface area contributed by atoms with Crippen molar-refractivity contribution in [2.75, 3.05) is 5.32 Å². The van der Waals surface area contributed by atoms with Gasteiger partial charge in [-0.05, 0) is 24.3 Å². The molecular formula is C19H9ClF4N8O. The summed E-state index contributed by atoms with van der Waals surface area (Å²) in [6, 6.07) is 5.47. The molecule has 0 unspecified atom stereocenters. The van der Waals surface area contributed by atoms with Crippen molar-refractivity contribution in [1.82, 2.24) is 29.8 Å². The largest absolute Gasteiger partial charge is 0.434 e. The molecule has 166 valence electrons. The fraction of sp³-hybridized carbons (Fsp3) is 0.0526. The van der Waals surface area contributed by atoms with Crippen LogP contribution in [0, 0.1) is 17.1 Å². The Labute approximate surface area is 186 Å². The second-order valence-electron chi connectivity index (χ2n) is 6.39. The predicted molar refractivity (Wildman–Crippen MR) is 105 cm³/mol. The molecule has 0 bridgehead atoms. The number of carbonyl (C=O) groups is 1. The molecule has 0 atom stereocenters. The molecule has 0 aliphatic carbocycles. The van der Waals surface area contributed by atoms with Gasteiger partial charge in [-0.2, -0.15) is 33.7 Å². The number of nitrogens with zero attached hydrogens (tertiary/aromatic N) is 7. The van der Waals surface area contributed by atoms with E-state index in [1.165, 1.54) is 18.5 Å². The summed E-state index contributed by atoms with van der Waals surface area (Å²) in [7, 11) is 0. The van der Waals surface area contributed by atoms with Crippen LogP contribution in [0.1, 0.15) is 21.6 Å². The molecule has 3 aromatic heterocycles. The number of nitriles is 1. The summed E-state index contributed by atoms with van der Waals surface area (Å²) in [5.74, 6) is -1.83. The van der Waals surface area contributed by atoms with E-state index in [4.69, 9.17) is 11.6 Å². The third-order valence-corrected chi connectivity index (χ3v) is 4.56. The lowest BCUT2D eigenvalue weighted by Gasteiger charge is -2.14. The van der Waals surface area contributed by atoms with E-state index in [-0.39, 0.29) is 22.2 Å². The van der Waals surface area contributed by atoms with E-state index in [9.17, 15) is 27.6 Å². The summed E-state index contributed by atoms with van der Waals surface area (Å²) in [5, 5.41) is 22.8. The van der Waals surface area contributed by atoms with Gasteiger partial charge in [0.1, 0.15) is 11.9 Å². The molecule has 4 rings (SSSR count). The van der Waals surface area contributed by atoms with Crippen molar-refractivity contribution in [1.29, 1.82) is 5.26 Å². The van der Waals surface area contributed by atoms with Gasteiger partial charge >= 0.3 is 6.18 Å². The molecule has 1 aromatic carbocycles. The summed E-state index contributed by atoms with van der Waals surface area (Å²) >= 11 is 6.11. The number of benzene rings is 1. The first-order valence-electron chi connectivity index (χ1n) is 8.88. The quantitative estimate of drug-likeness (QED) is 0.448. The average molecular weight is 477 g/mol. The van der Waals surface area contributed by atoms with Gasteiger partial charge in [-0.3, -0.25) is 4.79 Å². The lowest BCUT2D eigenvalue weighted by Crippen LogP contribution is -2.21. The van der Waals surface area contributed by atoms with E-state index in [0.717, 1.165) is 29.2 Å². The van der Waals surface area contributed by atoms with Crippen LogP contribution in [-0.2, 0) is 6.18 Å². The van der Waals surface area contributed by atoms with Crippen molar-refractivity contribution in [2.24, 2.45) is 0 Å². The number of nitrogens with one attached hydrogen (secondary N) is 1. The molecular weight excluding hydrogens is 468 g/mol. The van der Waals surface area contributed by atoms with Crippen LogP contribution in [0.2, 0.25) is 5.02 Å². The number of carbonyl (C=O) groups excluding carboxylic acids is 1. The molecule has 4 aromatic rings. The van der Waals surface area contributed by atoms with Gasteiger partial charge in [-0.15, -0.1) is 4.80 Å². The molecule has 1 N–H and O–H groups in total. The highest BCUT2D eigenvalue weighted by Gasteiger charge is 2.41. The van der Waals surface area contributed by atoms with E-state index >= 15 is 0 Å². The van der Waals surface area contributed by atoms with Crippen molar-refractivity contribution in [3.05, 3.63) is 76.7 Å². The lowest BCUT2D eigenvalue weighted by molar-refractivity contribution is -0.143. The second kappa shape index (κ2) is 8.32. The molecule has 1 amide bonds. The minimum absolute atomic E-state index is 0.00118. The number of alkyl halides is 3. The molecule has 0 aliphatic heterocycles. The van der Waals surface area contributed by atoms with Crippen molar-refractivity contribution >= 4 is 23.2 Å². The van der Waals surface area contributed by atoms with Crippen molar-refractivity contribution in [3.63, 3.8) is 0 Å². The Kier molecular flexibility index (Phi) is 5.52. The Morgan fingerprint density at radius 1 is 1.12 bits per heavy atom. The van der Waals surface area contributed by atoms with Crippen LogP contribution in [-0.4, -0.2) is 35.7 Å². The molecule has 0 spiro atoms. The maximum absolute atomic E-state index is 13.9. The highest BCUT2D eigenvalue weighted by atomic mass is 35.5. The zero-order valence-electron chi connectivity index (χ0n) is 16.0. The predicted octanol–water partition coefficient (Wildman–Crippen LogP) is 3.78. The summed E-state index contributed by atoms with van der Waals surface area (Å²) in [6.45, 7) is 0. The van der Waals surface area contributed by atoms with Crippen LogP contribution >= 0.6 is 11.6 Å². The monoisotopic (exact) mass is 476 g/mol. The molecule has 0 radical (unpaired) electrons. The van der Waals surface area contributed by atoms with E-state index in [0.29, 0.717) is 10.9 Å². The minimum atomic E-state index is -5.03. The zero-order valence-corrected chi connectivity index (χ0v) is 16.8. The van der Waals surface area contributed by atoms with Gasteiger partial charge in [-0.1, -0.05) is 11.6 Å². The lowest BCUT2D eigenvalue weighted by atomic mass is 10.1. The first-order valence-corrected chi connectivity index (χ1v) is 9.25. The minimum Gasteiger partial charge on any atom is -0.320 e. The van der Waals surface area contributed by atoms with Crippen molar-refractivity contribution in [2.45, 2.75) is 6.18 Å². The van der Waals surface area contributed by atoms with Gasteiger partial charge < -0.3 is 5.32 Å². The zero-order chi connectivity index (χ0) is 23.8. The number of aromatic nitrogens is 6. The number of anilines is 1. The fourth-order valence-corrected chi connectivity index (χ4v) is 3.16. The van der Waals surface area contributed by atoms with Gasteiger partial charge in [0.15, 0.2) is 11.5 Å². The van der Waals surface area contributed by atoms with Crippen LogP contribution in [0.15, 0.2) is 49.1 Å². The number of halogens is 5. The first-order chi connectivity index (χ1) is 15.7. The summed E-state index contributed by atoms with van der Waals surface area (Å²) in [6.07, 6.45) is -0.394. The number of hydrogen-bond donors (Lipinski definition) is 1. The molecule has 0 saturated heterocycles. The van der Waals surface area contributed by atoms with Gasteiger partial charge in [-0.25, -0.2) is 14.1 Å². The molecule has 0 aliphatic rings. The van der Waals surface area contributed by atoms with E-state index in [1.54, 1.807) is 6.07 Å². The van der Waals surface area contributed by atoms with Crippen molar-refractivity contribution in [3.8, 4) is 17.6 Å². The fourth-order valence-electron chi connectivity index (χ4n) is 2.92. The average Bonchev–Trinajstić information content (AvgIpc) is 3.43. The Morgan fingerprint density at radius 3 is 2.48 bits per heavy atom. The second-order valence-corrected chi connectivity index (χ2v) is 6.80. The number of amides is 1. The molecule has 14 heteroatoms. The number of pyridine rings is 1. The van der Waals surface area contributed by atoms with Crippen LogP contribution in [0.4, 0.5) is 23.2 Å². The number of rotatable bonds is 4. The summed E-state index contributed by atoms with van der Waals surface area (Å²) in [4.78, 5) is 17.8. The standard InChI is InChI=1S/C19H9ClF4N8O/c20-14-6-12(8-26-17(14)32-27-3-4-28-32)30-18(33)13-9-29-31(16(13)19(22,23)24)15-2-1-11(21)5-10(15)7-25/h1-6,8-9H,(H,30,33). The van der Waals surface area contributed by atoms with Gasteiger partial charge in [0.2, 0.25) is 0 Å². The third kappa shape index (κ3) is 4.23. The van der Waals surface area contributed by atoms with Crippen LogP contribution in [0.5, 0.6) is 0 Å². The normalized spacial score (nSPS) is 11.3. The van der Waals surface area contributed by atoms with Gasteiger partial charge in [0.05, 0.1) is 52.3 Å². The SMILES string of the molecule is N#Cc1cc(F)ccc1-n1ncc(C(=O)Nc2cnc(-n3nccn3)c(Cl)c2)c1C(F)(F)F. The van der Waals surface area contributed by atoms with E-state index in [2.05, 4.69) is 25.6 Å². The van der Waals surface area contributed by atoms with Gasteiger partial charge in [0.25, 0.3) is 5.91 Å².